The average molecular weight is 282 g/mol. The molecule has 0 saturated carbocycles. The van der Waals surface area contributed by atoms with Gasteiger partial charge in [0, 0.05) is 4.90 Å². The van der Waals surface area contributed by atoms with Gasteiger partial charge in [0.1, 0.15) is 12.2 Å². The van der Waals surface area contributed by atoms with E-state index in [0.717, 1.165) is 4.90 Å². The van der Waals surface area contributed by atoms with Crippen molar-refractivity contribution in [3.05, 3.63) is 41.8 Å². The lowest BCUT2D eigenvalue weighted by molar-refractivity contribution is -0.140. The van der Waals surface area contributed by atoms with Gasteiger partial charge in [-0.1, -0.05) is 11.2 Å². The minimum atomic E-state index is -0.437. The Morgan fingerprint density at radius 3 is 3.11 bits per heavy atom. The standard InChI is InChI=1S/C12H11FN2O3S/c1-17-12(16)6-11-14-10(15-18-11)7-19-9-4-2-3-8(13)5-9/h2-5H,6-7H2,1H3. The first-order valence-electron chi connectivity index (χ1n) is 5.44. The first-order valence-corrected chi connectivity index (χ1v) is 6.42. The summed E-state index contributed by atoms with van der Waals surface area (Å²) in [5, 5.41) is 3.73. The molecule has 2 aromatic rings. The number of methoxy groups -OCH3 is 1. The predicted molar refractivity (Wildman–Crippen MR) is 66.0 cm³/mol. The zero-order chi connectivity index (χ0) is 13.7. The van der Waals surface area contributed by atoms with Crippen LogP contribution in [0.25, 0.3) is 0 Å². The number of halogens is 1. The number of carbonyl (C=O) groups is 1. The maximum atomic E-state index is 13.0. The molecule has 19 heavy (non-hydrogen) atoms. The van der Waals surface area contributed by atoms with E-state index in [1.165, 1.54) is 31.0 Å². The summed E-state index contributed by atoms with van der Waals surface area (Å²) in [5.74, 6) is 0.376. The predicted octanol–water partition coefficient (Wildman–Crippen LogP) is 2.22. The van der Waals surface area contributed by atoms with Gasteiger partial charge in [-0.3, -0.25) is 4.79 Å². The molecule has 0 atom stereocenters. The van der Waals surface area contributed by atoms with E-state index < -0.39 is 5.97 Å². The fourth-order valence-electron chi connectivity index (χ4n) is 1.32. The van der Waals surface area contributed by atoms with E-state index >= 15 is 0 Å². The molecule has 0 radical (unpaired) electrons. The molecular formula is C12H11FN2O3S. The molecule has 0 spiro atoms. The topological polar surface area (TPSA) is 65.2 Å². The summed E-state index contributed by atoms with van der Waals surface area (Å²) in [5.41, 5.74) is 0. The van der Waals surface area contributed by atoms with Gasteiger partial charge in [-0.25, -0.2) is 4.39 Å². The van der Waals surface area contributed by atoms with Crippen molar-refractivity contribution in [1.29, 1.82) is 0 Å². The molecule has 1 heterocycles. The fourth-order valence-corrected chi connectivity index (χ4v) is 2.10. The van der Waals surface area contributed by atoms with Gasteiger partial charge in [0.25, 0.3) is 0 Å². The third kappa shape index (κ3) is 4.06. The molecule has 0 aliphatic rings. The minimum absolute atomic E-state index is 0.0475. The zero-order valence-corrected chi connectivity index (χ0v) is 10.9. The van der Waals surface area contributed by atoms with E-state index in [1.807, 2.05) is 0 Å². The Morgan fingerprint density at radius 1 is 1.53 bits per heavy atom. The van der Waals surface area contributed by atoms with Crippen LogP contribution in [-0.2, 0) is 21.7 Å². The highest BCUT2D eigenvalue weighted by Crippen LogP contribution is 2.22. The van der Waals surface area contributed by atoms with Crippen LogP contribution < -0.4 is 0 Å². The number of esters is 1. The van der Waals surface area contributed by atoms with Crippen molar-refractivity contribution in [3.63, 3.8) is 0 Å². The van der Waals surface area contributed by atoms with E-state index in [1.54, 1.807) is 12.1 Å². The fraction of sp³-hybridized carbons (Fsp3) is 0.250. The lowest BCUT2D eigenvalue weighted by Crippen LogP contribution is -2.04. The summed E-state index contributed by atoms with van der Waals surface area (Å²) in [6.45, 7) is 0. The number of hydrogen-bond acceptors (Lipinski definition) is 6. The van der Waals surface area contributed by atoms with Crippen molar-refractivity contribution in [1.82, 2.24) is 10.1 Å². The third-order valence-corrected chi connectivity index (χ3v) is 3.19. The number of nitrogens with zero attached hydrogens (tertiary/aromatic N) is 2. The van der Waals surface area contributed by atoms with Crippen molar-refractivity contribution >= 4 is 17.7 Å². The molecule has 5 nitrogen and oxygen atoms in total. The smallest absolute Gasteiger partial charge is 0.315 e. The van der Waals surface area contributed by atoms with Gasteiger partial charge >= 0.3 is 5.97 Å². The second-order valence-corrected chi connectivity index (χ2v) is 4.65. The zero-order valence-electron chi connectivity index (χ0n) is 10.1. The first kappa shape index (κ1) is 13.5. The van der Waals surface area contributed by atoms with E-state index in [4.69, 9.17) is 4.52 Å². The van der Waals surface area contributed by atoms with Crippen LogP contribution in [0.1, 0.15) is 11.7 Å². The molecule has 1 aromatic carbocycles. The summed E-state index contributed by atoms with van der Waals surface area (Å²) in [6, 6.07) is 6.24. The van der Waals surface area contributed by atoms with E-state index in [0.29, 0.717) is 11.6 Å². The molecule has 0 unspecified atom stereocenters. The normalized spacial score (nSPS) is 10.4. The largest absolute Gasteiger partial charge is 0.469 e. The summed E-state index contributed by atoms with van der Waals surface area (Å²) in [4.78, 5) is 15.8. The summed E-state index contributed by atoms with van der Waals surface area (Å²) in [7, 11) is 1.29. The van der Waals surface area contributed by atoms with Crippen LogP contribution >= 0.6 is 11.8 Å². The number of carbonyl (C=O) groups excluding carboxylic acids is 1. The second-order valence-electron chi connectivity index (χ2n) is 3.60. The van der Waals surface area contributed by atoms with Crippen molar-refractivity contribution < 1.29 is 18.4 Å². The number of aromatic nitrogens is 2. The monoisotopic (exact) mass is 282 g/mol. The van der Waals surface area contributed by atoms with Crippen molar-refractivity contribution in [2.45, 2.75) is 17.1 Å². The summed E-state index contributed by atoms with van der Waals surface area (Å²) in [6.07, 6.45) is -0.0475. The quantitative estimate of drug-likeness (QED) is 0.619. The van der Waals surface area contributed by atoms with Crippen molar-refractivity contribution in [3.8, 4) is 0 Å². The summed E-state index contributed by atoms with van der Waals surface area (Å²) < 4.78 is 22.4. The van der Waals surface area contributed by atoms with Crippen LogP contribution in [0, 0.1) is 5.82 Å². The molecule has 1 aromatic heterocycles. The molecule has 7 heteroatoms. The Labute approximate surface area is 113 Å². The van der Waals surface area contributed by atoms with Gasteiger partial charge in [-0.15, -0.1) is 11.8 Å². The molecule has 0 aliphatic carbocycles. The number of rotatable bonds is 5. The third-order valence-electron chi connectivity index (χ3n) is 2.20. The Hall–Kier alpha value is -1.89. The molecule has 2 rings (SSSR count). The van der Waals surface area contributed by atoms with Crippen LogP contribution in [0.5, 0.6) is 0 Å². The van der Waals surface area contributed by atoms with Gasteiger partial charge in [0.05, 0.1) is 12.9 Å². The highest BCUT2D eigenvalue weighted by molar-refractivity contribution is 7.98. The van der Waals surface area contributed by atoms with Crippen LogP contribution in [0.2, 0.25) is 0 Å². The average Bonchev–Trinajstić information content (AvgIpc) is 2.84. The van der Waals surface area contributed by atoms with Gasteiger partial charge in [-0.2, -0.15) is 4.98 Å². The SMILES string of the molecule is COC(=O)Cc1nc(CSc2cccc(F)c2)no1. The molecular weight excluding hydrogens is 271 g/mol. The lowest BCUT2D eigenvalue weighted by atomic mass is 10.4. The second kappa shape index (κ2) is 6.33. The van der Waals surface area contributed by atoms with Crippen LogP contribution in [0.15, 0.2) is 33.7 Å². The maximum absolute atomic E-state index is 13.0. The Balaban J connectivity index is 1.91. The number of hydrogen-bond donors (Lipinski definition) is 0. The molecule has 0 amide bonds. The van der Waals surface area contributed by atoms with Gasteiger partial charge < -0.3 is 9.26 Å². The minimum Gasteiger partial charge on any atom is -0.469 e. The van der Waals surface area contributed by atoms with E-state index in [2.05, 4.69) is 14.9 Å². The van der Waals surface area contributed by atoms with Crippen molar-refractivity contribution in [2.24, 2.45) is 0 Å². The highest BCUT2D eigenvalue weighted by Gasteiger charge is 2.11. The Kier molecular flexibility index (Phi) is 4.51. The lowest BCUT2D eigenvalue weighted by Gasteiger charge is -1.97. The first-order chi connectivity index (χ1) is 9.17. The molecule has 100 valence electrons. The maximum Gasteiger partial charge on any atom is 0.315 e. The number of thioether (sulfide) groups is 1. The van der Waals surface area contributed by atoms with Crippen molar-refractivity contribution in [2.75, 3.05) is 7.11 Å². The van der Waals surface area contributed by atoms with E-state index in [9.17, 15) is 9.18 Å². The Morgan fingerprint density at radius 2 is 2.37 bits per heavy atom. The van der Waals surface area contributed by atoms with Crippen LogP contribution in [-0.4, -0.2) is 23.2 Å². The summed E-state index contributed by atoms with van der Waals surface area (Å²) >= 11 is 1.38. The number of benzene rings is 1. The Bertz CT molecular complexity index is 574. The van der Waals surface area contributed by atoms with Gasteiger partial charge in [-0.05, 0) is 18.2 Å². The van der Waals surface area contributed by atoms with Gasteiger partial charge in [0.2, 0.25) is 5.89 Å². The molecule has 0 fully saturated rings. The van der Waals surface area contributed by atoms with Gasteiger partial charge in [0.15, 0.2) is 5.82 Å². The van der Waals surface area contributed by atoms with E-state index in [-0.39, 0.29) is 18.1 Å². The molecule has 0 aliphatic heterocycles. The van der Waals surface area contributed by atoms with Crippen LogP contribution in [0.4, 0.5) is 4.39 Å². The van der Waals surface area contributed by atoms with Crippen LogP contribution in [0.3, 0.4) is 0 Å². The molecule has 0 bridgehead atoms. The highest BCUT2D eigenvalue weighted by atomic mass is 32.2. The molecule has 0 N–H and O–H groups in total. The molecule has 0 saturated heterocycles. The number of ether oxygens (including phenoxy) is 1.